The van der Waals surface area contributed by atoms with E-state index in [1.165, 1.54) is 12.1 Å². The normalized spacial score (nSPS) is 10.0. The molecule has 1 rings (SSSR count). The van der Waals surface area contributed by atoms with Gasteiger partial charge in [0.15, 0.2) is 0 Å². The second-order valence-corrected chi connectivity index (χ2v) is 4.40. The number of benzene rings is 1. The van der Waals surface area contributed by atoms with Crippen LogP contribution in [0, 0.1) is 5.82 Å². The Morgan fingerprint density at radius 2 is 1.68 bits per heavy atom. The summed E-state index contributed by atoms with van der Waals surface area (Å²) in [6, 6.07) is 3.91. The van der Waals surface area contributed by atoms with Crippen LogP contribution in [0.25, 0.3) is 0 Å². The van der Waals surface area contributed by atoms with Crippen molar-refractivity contribution in [3.05, 3.63) is 34.1 Å². The summed E-state index contributed by atoms with van der Waals surface area (Å²) in [4.78, 5) is 33.6. The molecule has 1 amide bonds. The first-order chi connectivity index (χ1) is 8.82. The predicted molar refractivity (Wildman–Crippen MR) is 65.3 cm³/mol. The van der Waals surface area contributed by atoms with Gasteiger partial charge in [-0.1, -0.05) is 6.07 Å². The first kappa shape index (κ1) is 15.1. The first-order valence-corrected chi connectivity index (χ1v) is 5.79. The summed E-state index contributed by atoms with van der Waals surface area (Å²) in [5.74, 6) is -4.63. The summed E-state index contributed by atoms with van der Waals surface area (Å²) < 4.78 is 13.7. The van der Waals surface area contributed by atoms with Crippen molar-refractivity contribution in [1.29, 1.82) is 0 Å². The number of aliphatic carboxylic acids is 2. The Bertz CT molecular complexity index is 518. The number of hydrogen-bond donors (Lipinski definition) is 2. The molecule has 0 heterocycles. The largest absolute Gasteiger partial charge is 0.480 e. The quantitative estimate of drug-likeness (QED) is 0.844. The van der Waals surface area contributed by atoms with Crippen molar-refractivity contribution < 1.29 is 29.0 Å². The highest BCUT2D eigenvalue weighted by molar-refractivity contribution is 9.10. The average Bonchev–Trinajstić information content (AvgIpc) is 2.30. The molecule has 0 aliphatic rings. The summed E-state index contributed by atoms with van der Waals surface area (Å²) in [6.07, 6.45) is 0. The summed E-state index contributed by atoms with van der Waals surface area (Å²) >= 11 is 2.89. The predicted octanol–water partition coefficient (Wildman–Crippen LogP) is 1.20. The van der Waals surface area contributed by atoms with E-state index in [-0.39, 0.29) is 4.47 Å². The number of hydrogen-bond acceptors (Lipinski definition) is 3. The van der Waals surface area contributed by atoms with Crippen LogP contribution in [0.2, 0.25) is 0 Å². The Balaban J connectivity index is 3.07. The van der Waals surface area contributed by atoms with Gasteiger partial charge in [-0.3, -0.25) is 14.4 Å². The first-order valence-electron chi connectivity index (χ1n) is 4.99. The molecule has 2 N–H and O–H groups in total. The van der Waals surface area contributed by atoms with Crippen molar-refractivity contribution in [2.75, 3.05) is 13.1 Å². The molecule has 6 nitrogen and oxygen atoms in total. The molecular formula is C11H9BrFNO5. The van der Waals surface area contributed by atoms with Crippen LogP contribution in [0.15, 0.2) is 22.7 Å². The third-order valence-corrected chi connectivity index (χ3v) is 2.73. The summed E-state index contributed by atoms with van der Waals surface area (Å²) in [7, 11) is 0. The van der Waals surface area contributed by atoms with Crippen molar-refractivity contribution in [2.45, 2.75) is 0 Å². The Hall–Kier alpha value is -1.96. The molecule has 1 aromatic carbocycles. The van der Waals surface area contributed by atoms with Gasteiger partial charge in [0.05, 0.1) is 10.0 Å². The number of carboxylic acid groups (broad SMARTS) is 2. The number of rotatable bonds is 5. The van der Waals surface area contributed by atoms with Gasteiger partial charge in [0.2, 0.25) is 0 Å². The van der Waals surface area contributed by atoms with Crippen LogP contribution in [-0.4, -0.2) is 46.0 Å². The van der Waals surface area contributed by atoms with Crippen LogP contribution in [0.3, 0.4) is 0 Å². The molecule has 0 aliphatic carbocycles. The topological polar surface area (TPSA) is 94.9 Å². The van der Waals surface area contributed by atoms with Crippen molar-refractivity contribution in [3.63, 3.8) is 0 Å². The van der Waals surface area contributed by atoms with E-state index in [2.05, 4.69) is 15.9 Å². The van der Waals surface area contributed by atoms with E-state index >= 15 is 0 Å². The van der Waals surface area contributed by atoms with Crippen LogP contribution in [0.5, 0.6) is 0 Å². The number of carbonyl (C=O) groups is 3. The zero-order chi connectivity index (χ0) is 14.6. The number of nitrogens with zero attached hydrogens (tertiary/aromatic N) is 1. The lowest BCUT2D eigenvalue weighted by Gasteiger charge is -2.18. The van der Waals surface area contributed by atoms with Crippen LogP contribution in [-0.2, 0) is 9.59 Å². The number of carboxylic acids is 2. The van der Waals surface area contributed by atoms with Gasteiger partial charge in [-0.2, -0.15) is 0 Å². The minimum Gasteiger partial charge on any atom is -0.480 e. The highest BCUT2D eigenvalue weighted by Gasteiger charge is 2.24. The molecule has 0 bridgehead atoms. The molecule has 0 atom stereocenters. The lowest BCUT2D eigenvalue weighted by Crippen LogP contribution is -2.39. The lowest BCUT2D eigenvalue weighted by molar-refractivity contribution is -0.140. The van der Waals surface area contributed by atoms with E-state index in [1.54, 1.807) is 0 Å². The Kier molecular flexibility index (Phi) is 4.99. The van der Waals surface area contributed by atoms with Crippen molar-refractivity contribution in [2.24, 2.45) is 0 Å². The molecule has 0 fully saturated rings. The second kappa shape index (κ2) is 6.28. The maximum atomic E-state index is 13.7. The SMILES string of the molecule is O=C(O)CN(CC(=O)O)C(=O)c1cccc(Br)c1F. The van der Waals surface area contributed by atoms with Crippen LogP contribution in [0.1, 0.15) is 10.4 Å². The smallest absolute Gasteiger partial charge is 0.323 e. The molecule has 0 spiro atoms. The average molecular weight is 334 g/mol. The van der Waals surface area contributed by atoms with Gasteiger partial charge in [0.25, 0.3) is 5.91 Å². The molecule has 0 unspecified atom stereocenters. The van der Waals surface area contributed by atoms with E-state index in [4.69, 9.17) is 10.2 Å². The maximum Gasteiger partial charge on any atom is 0.323 e. The van der Waals surface area contributed by atoms with Gasteiger partial charge in [0.1, 0.15) is 18.9 Å². The van der Waals surface area contributed by atoms with E-state index in [0.29, 0.717) is 4.90 Å². The standard InChI is InChI=1S/C11H9BrFNO5/c12-7-3-1-2-6(10(7)13)11(19)14(4-8(15)16)5-9(17)18/h1-3H,4-5H2,(H,15,16)(H,17,18). The van der Waals surface area contributed by atoms with Crippen LogP contribution in [0.4, 0.5) is 4.39 Å². The summed E-state index contributed by atoms with van der Waals surface area (Å²) in [6.45, 7) is -1.64. The Labute approximate surface area is 115 Å². The number of carbonyl (C=O) groups excluding carboxylic acids is 1. The Morgan fingerprint density at radius 3 is 2.16 bits per heavy atom. The molecule has 0 saturated carbocycles. The molecule has 1 aromatic rings. The highest BCUT2D eigenvalue weighted by atomic mass is 79.9. The molecule has 8 heteroatoms. The molecule has 0 radical (unpaired) electrons. The molecule has 0 aromatic heterocycles. The van der Waals surface area contributed by atoms with E-state index in [0.717, 1.165) is 6.07 Å². The number of halogens is 2. The zero-order valence-electron chi connectivity index (χ0n) is 9.47. The van der Waals surface area contributed by atoms with E-state index in [9.17, 15) is 18.8 Å². The monoisotopic (exact) mass is 333 g/mol. The fourth-order valence-corrected chi connectivity index (χ4v) is 1.73. The van der Waals surface area contributed by atoms with Gasteiger partial charge < -0.3 is 15.1 Å². The third-order valence-electron chi connectivity index (χ3n) is 2.12. The maximum absolute atomic E-state index is 13.7. The summed E-state index contributed by atoms with van der Waals surface area (Å²) in [5, 5.41) is 17.3. The van der Waals surface area contributed by atoms with E-state index in [1.807, 2.05) is 0 Å². The van der Waals surface area contributed by atoms with Gasteiger partial charge in [-0.05, 0) is 28.1 Å². The molecular weight excluding hydrogens is 325 g/mol. The van der Waals surface area contributed by atoms with Crippen molar-refractivity contribution >= 4 is 33.8 Å². The Morgan fingerprint density at radius 1 is 1.16 bits per heavy atom. The van der Waals surface area contributed by atoms with Gasteiger partial charge in [-0.15, -0.1) is 0 Å². The van der Waals surface area contributed by atoms with E-state index < -0.39 is 42.3 Å². The molecule has 0 aliphatic heterocycles. The minimum atomic E-state index is -1.38. The molecule has 19 heavy (non-hydrogen) atoms. The molecule has 102 valence electrons. The second-order valence-electron chi connectivity index (χ2n) is 3.55. The van der Waals surface area contributed by atoms with Crippen LogP contribution >= 0.6 is 15.9 Å². The van der Waals surface area contributed by atoms with Gasteiger partial charge >= 0.3 is 11.9 Å². The fourth-order valence-electron chi connectivity index (χ4n) is 1.37. The van der Waals surface area contributed by atoms with Crippen molar-refractivity contribution in [1.82, 2.24) is 4.90 Å². The third kappa shape index (κ3) is 4.02. The molecule has 0 saturated heterocycles. The highest BCUT2D eigenvalue weighted by Crippen LogP contribution is 2.19. The van der Waals surface area contributed by atoms with Gasteiger partial charge in [0, 0.05) is 0 Å². The van der Waals surface area contributed by atoms with Crippen LogP contribution < -0.4 is 0 Å². The number of amides is 1. The minimum absolute atomic E-state index is 0.0314. The fraction of sp³-hybridized carbons (Fsp3) is 0.182. The lowest BCUT2D eigenvalue weighted by atomic mass is 10.2. The van der Waals surface area contributed by atoms with Crippen molar-refractivity contribution in [3.8, 4) is 0 Å². The summed E-state index contributed by atoms with van der Waals surface area (Å²) in [5.41, 5.74) is -0.392. The van der Waals surface area contributed by atoms with Gasteiger partial charge in [-0.25, -0.2) is 4.39 Å². The zero-order valence-corrected chi connectivity index (χ0v) is 11.1.